The highest BCUT2D eigenvalue weighted by Gasteiger charge is 2.27. The number of hydrogen-bond acceptors (Lipinski definition) is 5. The molecule has 1 atom stereocenters. The summed E-state index contributed by atoms with van der Waals surface area (Å²) in [6, 6.07) is 12.6. The first-order chi connectivity index (χ1) is 14.0. The van der Waals surface area contributed by atoms with Gasteiger partial charge in [-0.2, -0.15) is 0 Å². The molecule has 2 aliphatic rings. The number of cyclic esters (lactones) is 1. The molecule has 29 heavy (non-hydrogen) atoms. The average Bonchev–Trinajstić information content (AvgIpc) is 3.37. The molecule has 8 heteroatoms. The van der Waals surface area contributed by atoms with Crippen molar-refractivity contribution in [1.82, 2.24) is 5.32 Å². The van der Waals surface area contributed by atoms with E-state index in [0.717, 1.165) is 24.4 Å². The van der Waals surface area contributed by atoms with E-state index in [1.807, 2.05) is 12.1 Å². The van der Waals surface area contributed by atoms with Crippen molar-refractivity contribution in [2.45, 2.75) is 12.5 Å². The number of nitrogens with one attached hydrogen (secondary N) is 1. The Kier molecular flexibility index (Phi) is 5.49. The van der Waals surface area contributed by atoms with Gasteiger partial charge in [0.05, 0.1) is 19.3 Å². The van der Waals surface area contributed by atoms with Crippen LogP contribution < -0.4 is 19.9 Å². The molecule has 0 aliphatic carbocycles. The summed E-state index contributed by atoms with van der Waals surface area (Å²) in [5.41, 5.74) is 2.10. The smallest absolute Gasteiger partial charge is 0.414 e. The van der Waals surface area contributed by atoms with Crippen molar-refractivity contribution in [2.75, 3.05) is 43.2 Å². The summed E-state index contributed by atoms with van der Waals surface area (Å²) >= 11 is 6.14. The lowest BCUT2D eigenvalue weighted by atomic mass is 10.1. The van der Waals surface area contributed by atoms with Crippen LogP contribution in [-0.4, -0.2) is 51.4 Å². The molecule has 0 saturated carbocycles. The van der Waals surface area contributed by atoms with Gasteiger partial charge in [-0.05, 0) is 42.8 Å². The summed E-state index contributed by atoms with van der Waals surface area (Å²) in [5, 5.41) is 3.73. The number of hydrogen-bond donors (Lipinski definition) is 1. The minimum absolute atomic E-state index is 0.00611. The number of anilines is 2. The highest BCUT2D eigenvalue weighted by molar-refractivity contribution is 6.31. The van der Waals surface area contributed by atoms with Crippen LogP contribution in [0.2, 0.25) is 5.02 Å². The predicted molar refractivity (Wildman–Crippen MR) is 111 cm³/mol. The van der Waals surface area contributed by atoms with Gasteiger partial charge in [0.1, 0.15) is 12.4 Å². The van der Waals surface area contributed by atoms with E-state index in [2.05, 4.69) is 10.2 Å². The molecule has 2 heterocycles. The fourth-order valence-corrected chi connectivity index (χ4v) is 3.89. The van der Waals surface area contributed by atoms with Crippen molar-refractivity contribution in [3.8, 4) is 5.75 Å². The number of rotatable bonds is 5. The van der Waals surface area contributed by atoms with Crippen LogP contribution in [0.3, 0.4) is 0 Å². The molecule has 4 rings (SSSR count). The molecule has 2 amide bonds. The SMILES string of the molecule is COc1ccc(Cl)cc1N1CCC(NC(=O)c2cccc(N3CCOC3=O)c2)C1. The van der Waals surface area contributed by atoms with E-state index in [0.29, 0.717) is 36.0 Å². The summed E-state index contributed by atoms with van der Waals surface area (Å²) in [5.74, 6) is 0.593. The zero-order valence-electron chi connectivity index (χ0n) is 16.1. The highest BCUT2D eigenvalue weighted by atomic mass is 35.5. The van der Waals surface area contributed by atoms with Crippen LogP contribution in [-0.2, 0) is 4.74 Å². The minimum atomic E-state index is -0.385. The quantitative estimate of drug-likeness (QED) is 0.811. The molecule has 1 unspecified atom stereocenters. The maximum absolute atomic E-state index is 12.8. The number of carbonyl (C=O) groups is 2. The van der Waals surface area contributed by atoms with Gasteiger partial charge >= 0.3 is 6.09 Å². The Morgan fingerprint density at radius 1 is 1.24 bits per heavy atom. The van der Waals surface area contributed by atoms with Crippen molar-refractivity contribution in [2.24, 2.45) is 0 Å². The second-order valence-electron chi connectivity index (χ2n) is 7.04. The first kappa shape index (κ1) is 19.4. The Bertz CT molecular complexity index is 936. The zero-order chi connectivity index (χ0) is 20.4. The lowest BCUT2D eigenvalue weighted by Crippen LogP contribution is -2.37. The number of benzene rings is 2. The van der Waals surface area contributed by atoms with Crippen LogP contribution in [0, 0.1) is 0 Å². The van der Waals surface area contributed by atoms with Gasteiger partial charge in [-0.15, -0.1) is 0 Å². The van der Waals surface area contributed by atoms with E-state index >= 15 is 0 Å². The fourth-order valence-electron chi connectivity index (χ4n) is 3.72. The lowest BCUT2D eigenvalue weighted by molar-refractivity contribution is 0.0940. The number of halogens is 1. The van der Waals surface area contributed by atoms with Crippen LogP contribution in [0.1, 0.15) is 16.8 Å². The zero-order valence-corrected chi connectivity index (χ0v) is 16.8. The van der Waals surface area contributed by atoms with E-state index in [-0.39, 0.29) is 18.0 Å². The monoisotopic (exact) mass is 415 g/mol. The fraction of sp³-hybridized carbons (Fsp3) is 0.333. The van der Waals surface area contributed by atoms with Gasteiger partial charge in [-0.3, -0.25) is 9.69 Å². The summed E-state index contributed by atoms with van der Waals surface area (Å²) in [6.45, 7) is 2.31. The molecule has 2 fully saturated rings. The minimum Gasteiger partial charge on any atom is -0.495 e. The van der Waals surface area contributed by atoms with Gasteiger partial charge in [0, 0.05) is 35.4 Å². The summed E-state index contributed by atoms with van der Waals surface area (Å²) in [7, 11) is 1.63. The van der Waals surface area contributed by atoms with Crippen molar-refractivity contribution < 1.29 is 19.1 Å². The number of nitrogens with zero attached hydrogens (tertiary/aromatic N) is 2. The topological polar surface area (TPSA) is 71.1 Å². The molecule has 7 nitrogen and oxygen atoms in total. The number of amides is 2. The Hall–Kier alpha value is -2.93. The second kappa shape index (κ2) is 8.21. The standard InChI is InChI=1S/C21H22ClN3O4/c1-28-19-6-5-15(22)12-18(19)24-8-7-16(13-24)23-20(26)14-3-2-4-17(11-14)25-9-10-29-21(25)27/h2-6,11-12,16H,7-10,13H2,1H3,(H,23,26). The molecule has 152 valence electrons. The highest BCUT2D eigenvalue weighted by Crippen LogP contribution is 2.33. The Morgan fingerprint density at radius 2 is 2.10 bits per heavy atom. The van der Waals surface area contributed by atoms with Crippen LogP contribution in [0.15, 0.2) is 42.5 Å². The molecule has 0 radical (unpaired) electrons. The van der Waals surface area contributed by atoms with Crippen LogP contribution in [0.25, 0.3) is 0 Å². The molecule has 0 aromatic heterocycles. The van der Waals surface area contributed by atoms with E-state index in [1.54, 1.807) is 37.4 Å². The number of ether oxygens (including phenoxy) is 2. The first-order valence-electron chi connectivity index (χ1n) is 9.49. The van der Waals surface area contributed by atoms with Crippen molar-refractivity contribution in [3.63, 3.8) is 0 Å². The lowest BCUT2D eigenvalue weighted by Gasteiger charge is -2.22. The van der Waals surface area contributed by atoms with Crippen LogP contribution in [0.5, 0.6) is 5.75 Å². The van der Waals surface area contributed by atoms with E-state index in [1.165, 1.54) is 4.90 Å². The molecule has 2 aromatic carbocycles. The Labute approximate surface area is 174 Å². The molecule has 2 aliphatic heterocycles. The van der Waals surface area contributed by atoms with Gasteiger partial charge in [0.15, 0.2) is 0 Å². The summed E-state index contributed by atoms with van der Waals surface area (Å²) in [6.07, 6.45) is 0.434. The molecule has 1 N–H and O–H groups in total. The van der Waals surface area contributed by atoms with E-state index in [9.17, 15) is 9.59 Å². The van der Waals surface area contributed by atoms with E-state index in [4.69, 9.17) is 21.1 Å². The molecular weight excluding hydrogens is 394 g/mol. The van der Waals surface area contributed by atoms with Crippen LogP contribution in [0.4, 0.5) is 16.2 Å². The van der Waals surface area contributed by atoms with Gasteiger partial charge in [0.25, 0.3) is 5.91 Å². The summed E-state index contributed by atoms with van der Waals surface area (Å²) < 4.78 is 10.4. The normalized spacial score (nSPS) is 18.7. The Morgan fingerprint density at radius 3 is 2.86 bits per heavy atom. The average molecular weight is 416 g/mol. The van der Waals surface area contributed by atoms with Gasteiger partial charge in [-0.25, -0.2) is 4.79 Å². The number of methoxy groups -OCH3 is 1. The molecule has 2 aromatic rings. The first-order valence-corrected chi connectivity index (χ1v) is 9.86. The number of carbonyl (C=O) groups excluding carboxylic acids is 2. The molecular formula is C21H22ClN3O4. The van der Waals surface area contributed by atoms with Gasteiger partial charge in [0.2, 0.25) is 0 Å². The van der Waals surface area contributed by atoms with Crippen molar-refractivity contribution in [3.05, 3.63) is 53.1 Å². The predicted octanol–water partition coefficient (Wildman–Crippen LogP) is 3.31. The van der Waals surface area contributed by atoms with Gasteiger partial charge < -0.3 is 19.7 Å². The largest absolute Gasteiger partial charge is 0.495 e. The van der Waals surface area contributed by atoms with Crippen molar-refractivity contribution >= 4 is 35.0 Å². The molecule has 0 spiro atoms. The Balaban J connectivity index is 1.42. The van der Waals surface area contributed by atoms with Crippen molar-refractivity contribution in [1.29, 1.82) is 0 Å². The molecule has 2 saturated heterocycles. The third-order valence-electron chi connectivity index (χ3n) is 5.19. The van der Waals surface area contributed by atoms with Crippen LogP contribution >= 0.6 is 11.6 Å². The summed E-state index contributed by atoms with van der Waals surface area (Å²) in [4.78, 5) is 28.2. The maximum Gasteiger partial charge on any atom is 0.414 e. The second-order valence-corrected chi connectivity index (χ2v) is 7.47. The van der Waals surface area contributed by atoms with Gasteiger partial charge in [-0.1, -0.05) is 17.7 Å². The van der Waals surface area contributed by atoms with E-state index < -0.39 is 0 Å². The third-order valence-corrected chi connectivity index (χ3v) is 5.42. The third kappa shape index (κ3) is 4.10. The molecule has 0 bridgehead atoms. The maximum atomic E-state index is 12.8.